The summed E-state index contributed by atoms with van der Waals surface area (Å²) in [4.78, 5) is 25.5. The van der Waals surface area contributed by atoms with E-state index in [0.717, 1.165) is 36.8 Å². The molecule has 116 valence electrons. The van der Waals surface area contributed by atoms with E-state index in [-0.39, 0.29) is 11.9 Å². The standard InChI is InChI=1S/C16H26N4O/c1-11(2)9-20-7-6-19(14(5)16(20)21)10-15-17-12(3)8-13(4)18-15/h8,11,14H,6-7,9-10H2,1-5H3/t14-/m1/s1. The summed E-state index contributed by atoms with van der Waals surface area (Å²) in [5.74, 6) is 1.54. The molecule has 0 spiro atoms. The lowest BCUT2D eigenvalue weighted by molar-refractivity contribution is -0.142. The highest BCUT2D eigenvalue weighted by Gasteiger charge is 2.31. The smallest absolute Gasteiger partial charge is 0.239 e. The van der Waals surface area contributed by atoms with Gasteiger partial charge in [-0.25, -0.2) is 9.97 Å². The second kappa shape index (κ2) is 6.52. The van der Waals surface area contributed by atoms with Crippen LogP contribution in [0.4, 0.5) is 0 Å². The van der Waals surface area contributed by atoms with Gasteiger partial charge in [0.1, 0.15) is 5.82 Å². The third kappa shape index (κ3) is 4.00. The van der Waals surface area contributed by atoms with Gasteiger partial charge < -0.3 is 4.90 Å². The zero-order chi connectivity index (χ0) is 15.6. The summed E-state index contributed by atoms with van der Waals surface area (Å²) in [6.45, 7) is 13.4. The van der Waals surface area contributed by atoms with Gasteiger partial charge in [0, 0.05) is 31.0 Å². The summed E-state index contributed by atoms with van der Waals surface area (Å²) in [5, 5.41) is 0. The third-order valence-electron chi connectivity index (χ3n) is 3.83. The van der Waals surface area contributed by atoms with Gasteiger partial charge in [-0.1, -0.05) is 13.8 Å². The van der Waals surface area contributed by atoms with Crippen LogP contribution in [0.1, 0.15) is 38.0 Å². The molecule has 0 N–H and O–H groups in total. The van der Waals surface area contributed by atoms with Gasteiger partial charge >= 0.3 is 0 Å². The predicted octanol–water partition coefficient (Wildman–Crippen LogP) is 1.78. The van der Waals surface area contributed by atoms with Crippen molar-refractivity contribution in [2.75, 3.05) is 19.6 Å². The van der Waals surface area contributed by atoms with Crippen molar-refractivity contribution in [3.63, 3.8) is 0 Å². The van der Waals surface area contributed by atoms with Gasteiger partial charge in [0.15, 0.2) is 0 Å². The molecule has 5 heteroatoms. The molecule has 1 aromatic heterocycles. The number of aryl methyl sites for hydroxylation is 2. The Morgan fingerprint density at radius 1 is 1.24 bits per heavy atom. The van der Waals surface area contributed by atoms with E-state index in [4.69, 9.17) is 0 Å². The van der Waals surface area contributed by atoms with E-state index in [1.54, 1.807) is 0 Å². The average Bonchev–Trinajstić information content (AvgIpc) is 2.37. The Morgan fingerprint density at radius 2 is 1.86 bits per heavy atom. The van der Waals surface area contributed by atoms with E-state index < -0.39 is 0 Å². The summed E-state index contributed by atoms with van der Waals surface area (Å²) in [5.41, 5.74) is 1.96. The summed E-state index contributed by atoms with van der Waals surface area (Å²) in [6, 6.07) is 1.88. The van der Waals surface area contributed by atoms with Gasteiger partial charge in [-0.15, -0.1) is 0 Å². The molecule has 1 aromatic rings. The van der Waals surface area contributed by atoms with Crippen LogP contribution in [0.3, 0.4) is 0 Å². The molecular weight excluding hydrogens is 264 g/mol. The molecule has 0 aliphatic carbocycles. The number of rotatable bonds is 4. The van der Waals surface area contributed by atoms with Crippen LogP contribution in [0.2, 0.25) is 0 Å². The van der Waals surface area contributed by atoms with Crippen LogP contribution in [-0.2, 0) is 11.3 Å². The Labute approximate surface area is 127 Å². The maximum Gasteiger partial charge on any atom is 0.239 e. The molecule has 2 rings (SSSR count). The first kappa shape index (κ1) is 15.9. The Balaban J connectivity index is 2.04. The Kier molecular flexibility index (Phi) is 4.93. The molecule has 2 heterocycles. The maximum absolute atomic E-state index is 12.4. The Hall–Kier alpha value is -1.49. The van der Waals surface area contributed by atoms with Crippen molar-refractivity contribution < 1.29 is 4.79 Å². The second-order valence-electron chi connectivity index (χ2n) is 6.39. The van der Waals surface area contributed by atoms with Crippen LogP contribution < -0.4 is 0 Å². The molecule has 1 atom stereocenters. The molecule has 0 bridgehead atoms. The van der Waals surface area contributed by atoms with Crippen LogP contribution in [0, 0.1) is 19.8 Å². The number of hydrogen-bond acceptors (Lipinski definition) is 4. The largest absolute Gasteiger partial charge is 0.340 e. The minimum atomic E-state index is -0.0954. The molecule has 1 amide bonds. The fraction of sp³-hybridized carbons (Fsp3) is 0.688. The van der Waals surface area contributed by atoms with E-state index in [1.807, 2.05) is 31.7 Å². The molecule has 1 saturated heterocycles. The number of aromatic nitrogens is 2. The predicted molar refractivity (Wildman–Crippen MR) is 82.8 cm³/mol. The molecule has 1 aliphatic heterocycles. The molecule has 0 saturated carbocycles. The SMILES string of the molecule is Cc1cc(C)nc(CN2CCN(CC(C)C)C(=O)[C@H]2C)n1. The molecule has 0 unspecified atom stereocenters. The first-order chi connectivity index (χ1) is 9.86. The quantitative estimate of drug-likeness (QED) is 0.848. The monoisotopic (exact) mass is 290 g/mol. The molecule has 0 aromatic carbocycles. The molecule has 0 radical (unpaired) electrons. The zero-order valence-corrected chi connectivity index (χ0v) is 13.8. The molecule has 21 heavy (non-hydrogen) atoms. The van der Waals surface area contributed by atoms with Gasteiger partial charge in [0.2, 0.25) is 5.91 Å². The fourth-order valence-corrected chi connectivity index (χ4v) is 2.86. The number of carbonyl (C=O) groups is 1. The van der Waals surface area contributed by atoms with Crippen molar-refractivity contribution >= 4 is 5.91 Å². The summed E-state index contributed by atoms with van der Waals surface area (Å²) < 4.78 is 0. The van der Waals surface area contributed by atoms with Crippen LogP contribution in [-0.4, -0.2) is 51.4 Å². The van der Waals surface area contributed by atoms with Crippen LogP contribution >= 0.6 is 0 Å². The van der Waals surface area contributed by atoms with Crippen molar-refractivity contribution in [2.24, 2.45) is 5.92 Å². The molecule has 1 fully saturated rings. The van der Waals surface area contributed by atoms with E-state index in [9.17, 15) is 4.79 Å². The Morgan fingerprint density at radius 3 is 2.43 bits per heavy atom. The number of hydrogen-bond donors (Lipinski definition) is 0. The first-order valence-corrected chi connectivity index (χ1v) is 7.71. The number of nitrogens with zero attached hydrogens (tertiary/aromatic N) is 4. The average molecular weight is 290 g/mol. The van der Waals surface area contributed by atoms with Crippen LogP contribution in [0.25, 0.3) is 0 Å². The highest BCUT2D eigenvalue weighted by Crippen LogP contribution is 2.15. The Bertz CT molecular complexity index is 495. The van der Waals surface area contributed by atoms with Crippen molar-refractivity contribution in [1.82, 2.24) is 19.8 Å². The van der Waals surface area contributed by atoms with Crippen LogP contribution in [0.5, 0.6) is 0 Å². The third-order valence-corrected chi connectivity index (χ3v) is 3.83. The van der Waals surface area contributed by atoms with E-state index in [0.29, 0.717) is 12.5 Å². The lowest BCUT2D eigenvalue weighted by Gasteiger charge is -2.39. The van der Waals surface area contributed by atoms with Crippen LogP contribution in [0.15, 0.2) is 6.07 Å². The van der Waals surface area contributed by atoms with E-state index in [1.165, 1.54) is 0 Å². The lowest BCUT2D eigenvalue weighted by Crippen LogP contribution is -2.56. The molecule has 5 nitrogen and oxygen atoms in total. The molecule has 1 aliphatic rings. The first-order valence-electron chi connectivity index (χ1n) is 7.71. The normalized spacial score (nSPS) is 20.4. The second-order valence-corrected chi connectivity index (χ2v) is 6.39. The summed E-state index contributed by atoms with van der Waals surface area (Å²) in [6.07, 6.45) is 0. The van der Waals surface area contributed by atoms with Crippen molar-refractivity contribution in [3.8, 4) is 0 Å². The summed E-state index contributed by atoms with van der Waals surface area (Å²) >= 11 is 0. The van der Waals surface area contributed by atoms with Gasteiger partial charge in [-0.2, -0.15) is 0 Å². The number of carbonyl (C=O) groups excluding carboxylic acids is 1. The zero-order valence-electron chi connectivity index (χ0n) is 13.8. The van der Waals surface area contributed by atoms with Crippen molar-refractivity contribution in [3.05, 3.63) is 23.3 Å². The molecular formula is C16H26N4O. The minimum absolute atomic E-state index is 0.0954. The topological polar surface area (TPSA) is 49.3 Å². The lowest BCUT2D eigenvalue weighted by atomic mass is 10.1. The van der Waals surface area contributed by atoms with Gasteiger partial charge in [0.05, 0.1) is 12.6 Å². The fourth-order valence-electron chi connectivity index (χ4n) is 2.86. The van der Waals surface area contributed by atoms with Gasteiger partial charge in [0.25, 0.3) is 0 Å². The van der Waals surface area contributed by atoms with E-state index >= 15 is 0 Å². The highest BCUT2D eigenvalue weighted by atomic mass is 16.2. The maximum atomic E-state index is 12.4. The van der Waals surface area contributed by atoms with Crippen molar-refractivity contribution in [1.29, 1.82) is 0 Å². The van der Waals surface area contributed by atoms with Gasteiger partial charge in [-0.3, -0.25) is 9.69 Å². The van der Waals surface area contributed by atoms with Gasteiger partial charge in [-0.05, 0) is 32.8 Å². The summed E-state index contributed by atoms with van der Waals surface area (Å²) in [7, 11) is 0. The number of piperazine rings is 1. The number of amides is 1. The minimum Gasteiger partial charge on any atom is -0.340 e. The van der Waals surface area contributed by atoms with E-state index in [2.05, 4.69) is 28.7 Å². The van der Waals surface area contributed by atoms with Crippen molar-refractivity contribution in [2.45, 2.75) is 47.2 Å². The highest BCUT2D eigenvalue weighted by molar-refractivity contribution is 5.82.